The van der Waals surface area contributed by atoms with Crippen molar-refractivity contribution in [2.75, 3.05) is 11.3 Å². The number of carbonyl (C=O) groups is 2. The second kappa shape index (κ2) is 5.20. The Morgan fingerprint density at radius 1 is 1.25 bits per heavy atom. The summed E-state index contributed by atoms with van der Waals surface area (Å²) in [6.07, 6.45) is 3.01. The van der Waals surface area contributed by atoms with Crippen LogP contribution in [0.4, 0.5) is 10.5 Å². The van der Waals surface area contributed by atoms with Crippen LogP contribution in [0, 0.1) is 5.41 Å². The summed E-state index contributed by atoms with van der Waals surface area (Å²) < 4.78 is 26.6. The normalized spacial score (nSPS) is 22.4. The summed E-state index contributed by atoms with van der Waals surface area (Å²) in [6, 6.07) is 6.46. The third kappa shape index (κ3) is 2.75. The number of amides is 3. The van der Waals surface area contributed by atoms with Crippen molar-refractivity contribution in [3.05, 3.63) is 29.8 Å². The highest BCUT2D eigenvalue weighted by atomic mass is 32.2. The molecule has 0 atom stereocenters. The van der Waals surface area contributed by atoms with Crippen molar-refractivity contribution in [1.29, 1.82) is 0 Å². The van der Waals surface area contributed by atoms with E-state index in [2.05, 4.69) is 10.0 Å². The van der Waals surface area contributed by atoms with Crippen LogP contribution in [0.15, 0.2) is 24.3 Å². The Labute approximate surface area is 140 Å². The van der Waals surface area contributed by atoms with Gasteiger partial charge in [0.2, 0.25) is 15.9 Å². The lowest BCUT2D eigenvalue weighted by Crippen LogP contribution is -2.55. The Balaban J connectivity index is 1.51. The third-order valence-electron chi connectivity index (χ3n) is 4.87. The van der Waals surface area contributed by atoms with Gasteiger partial charge in [0.1, 0.15) is 0 Å². The molecule has 128 valence electrons. The summed E-state index contributed by atoms with van der Waals surface area (Å²) in [7, 11) is -3.33. The van der Waals surface area contributed by atoms with Crippen LogP contribution < -0.4 is 10.0 Å². The van der Waals surface area contributed by atoms with Crippen LogP contribution in [-0.2, 0) is 21.4 Å². The molecule has 3 aliphatic rings. The van der Waals surface area contributed by atoms with Gasteiger partial charge in [-0.2, -0.15) is 0 Å². The lowest BCUT2D eigenvalue weighted by Gasteiger charge is -2.31. The molecule has 1 aliphatic heterocycles. The lowest BCUT2D eigenvalue weighted by molar-refractivity contribution is -0.135. The van der Waals surface area contributed by atoms with E-state index >= 15 is 0 Å². The van der Waals surface area contributed by atoms with Crippen molar-refractivity contribution in [2.24, 2.45) is 5.41 Å². The van der Waals surface area contributed by atoms with Crippen molar-refractivity contribution >= 4 is 27.6 Å². The molecule has 7 nitrogen and oxygen atoms in total. The average molecular weight is 349 g/mol. The fraction of sp³-hybridized carbons (Fsp3) is 0.500. The average Bonchev–Trinajstić information content (AvgIpc) is 3.42. The first-order valence-electron chi connectivity index (χ1n) is 8.10. The molecule has 1 aromatic rings. The Morgan fingerprint density at radius 3 is 2.67 bits per heavy atom. The predicted molar refractivity (Wildman–Crippen MR) is 87.6 cm³/mol. The van der Waals surface area contributed by atoms with Gasteiger partial charge in [-0.3, -0.25) is 14.4 Å². The van der Waals surface area contributed by atoms with Crippen LogP contribution in [0.1, 0.15) is 31.2 Å². The van der Waals surface area contributed by atoms with Gasteiger partial charge < -0.3 is 5.32 Å². The SMILES string of the molecule is O=C1NCC2(CC2)C(=O)N1Cc1cccc(NS(=O)(=O)C2CC2)c1. The Morgan fingerprint density at radius 2 is 2.00 bits per heavy atom. The van der Waals surface area contributed by atoms with E-state index in [-0.39, 0.29) is 23.7 Å². The van der Waals surface area contributed by atoms with Gasteiger partial charge in [0.05, 0.1) is 17.2 Å². The molecule has 1 aromatic carbocycles. The van der Waals surface area contributed by atoms with Gasteiger partial charge in [-0.1, -0.05) is 12.1 Å². The first-order chi connectivity index (χ1) is 11.4. The minimum absolute atomic E-state index is 0.129. The summed E-state index contributed by atoms with van der Waals surface area (Å²) in [4.78, 5) is 25.7. The Kier molecular flexibility index (Phi) is 3.35. The summed E-state index contributed by atoms with van der Waals surface area (Å²) in [6.45, 7) is 0.563. The van der Waals surface area contributed by atoms with Gasteiger partial charge in [0.25, 0.3) is 0 Å². The number of rotatable bonds is 5. The van der Waals surface area contributed by atoms with Gasteiger partial charge in [-0.05, 0) is 43.4 Å². The molecule has 1 saturated heterocycles. The zero-order valence-electron chi connectivity index (χ0n) is 13.1. The molecule has 2 aliphatic carbocycles. The van der Waals surface area contributed by atoms with Crippen LogP contribution in [0.5, 0.6) is 0 Å². The van der Waals surface area contributed by atoms with E-state index in [1.165, 1.54) is 4.90 Å². The molecule has 3 amide bonds. The molecule has 24 heavy (non-hydrogen) atoms. The van der Waals surface area contributed by atoms with Crippen LogP contribution in [0.25, 0.3) is 0 Å². The van der Waals surface area contributed by atoms with E-state index in [1.807, 2.05) is 0 Å². The maximum absolute atomic E-state index is 12.5. The van der Waals surface area contributed by atoms with Crippen molar-refractivity contribution in [3.63, 3.8) is 0 Å². The molecule has 0 unspecified atom stereocenters. The number of urea groups is 1. The summed E-state index contributed by atoms with van der Waals surface area (Å²) in [5.74, 6) is -0.129. The fourth-order valence-electron chi connectivity index (χ4n) is 3.02. The van der Waals surface area contributed by atoms with Gasteiger partial charge in [-0.25, -0.2) is 13.2 Å². The van der Waals surface area contributed by atoms with Gasteiger partial charge in [0.15, 0.2) is 0 Å². The van der Waals surface area contributed by atoms with E-state index in [1.54, 1.807) is 24.3 Å². The molecule has 4 rings (SSSR count). The van der Waals surface area contributed by atoms with Crippen molar-refractivity contribution in [2.45, 2.75) is 37.5 Å². The Hall–Kier alpha value is -2.09. The van der Waals surface area contributed by atoms with E-state index in [4.69, 9.17) is 0 Å². The lowest BCUT2D eigenvalue weighted by atomic mass is 10.0. The molecule has 0 bridgehead atoms. The second-order valence-corrected chi connectivity index (χ2v) is 8.84. The molecular formula is C16H19N3O4S. The number of sulfonamides is 1. The molecule has 8 heteroatoms. The summed E-state index contributed by atoms with van der Waals surface area (Å²) >= 11 is 0. The minimum atomic E-state index is -3.33. The van der Waals surface area contributed by atoms with Crippen molar-refractivity contribution in [3.8, 4) is 0 Å². The highest BCUT2D eigenvalue weighted by Gasteiger charge is 2.55. The first-order valence-corrected chi connectivity index (χ1v) is 9.65. The molecule has 0 radical (unpaired) electrons. The number of nitrogens with zero attached hydrogens (tertiary/aromatic N) is 1. The maximum Gasteiger partial charge on any atom is 0.324 e. The minimum Gasteiger partial charge on any atom is -0.337 e. The zero-order valence-corrected chi connectivity index (χ0v) is 13.9. The van der Waals surface area contributed by atoms with Gasteiger partial charge in [-0.15, -0.1) is 0 Å². The number of hydrogen-bond donors (Lipinski definition) is 2. The smallest absolute Gasteiger partial charge is 0.324 e. The number of imide groups is 1. The van der Waals surface area contributed by atoms with E-state index in [9.17, 15) is 18.0 Å². The van der Waals surface area contributed by atoms with E-state index < -0.39 is 15.4 Å². The second-order valence-electron chi connectivity index (χ2n) is 6.88. The number of nitrogens with one attached hydrogen (secondary N) is 2. The quantitative estimate of drug-likeness (QED) is 0.840. The zero-order chi connectivity index (χ0) is 16.9. The number of carbonyl (C=O) groups excluding carboxylic acids is 2. The van der Waals surface area contributed by atoms with Crippen LogP contribution >= 0.6 is 0 Å². The van der Waals surface area contributed by atoms with Gasteiger partial charge >= 0.3 is 6.03 Å². The van der Waals surface area contributed by atoms with Crippen molar-refractivity contribution < 1.29 is 18.0 Å². The largest absolute Gasteiger partial charge is 0.337 e. The molecule has 1 heterocycles. The Bertz CT molecular complexity index is 812. The standard InChI is InChI=1S/C16H19N3O4S/c20-14-16(6-7-16)10-17-15(21)19(14)9-11-2-1-3-12(8-11)18-24(22,23)13-4-5-13/h1-3,8,13,18H,4-7,9-10H2,(H,17,21). The fourth-order valence-corrected chi connectivity index (χ4v) is 4.40. The highest BCUT2D eigenvalue weighted by Crippen LogP contribution is 2.48. The molecule has 0 aromatic heterocycles. The summed E-state index contributed by atoms with van der Waals surface area (Å²) in [5.41, 5.74) is 0.775. The van der Waals surface area contributed by atoms with E-state index in [0.29, 0.717) is 30.6 Å². The van der Waals surface area contributed by atoms with Gasteiger partial charge in [0, 0.05) is 12.2 Å². The highest BCUT2D eigenvalue weighted by molar-refractivity contribution is 7.93. The van der Waals surface area contributed by atoms with E-state index in [0.717, 1.165) is 12.8 Å². The van der Waals surface area contributed by atoms with Crippen LogP contribution in [0.2, 0.25) is 0 Å². The molecule has 1 spiro atoms. The topological polar surface area (TPSA) is 95.6 Å². The first kappa shape index (κ1) is 15.4. The maximum atomic E-state index is 12.5. The number of benzene rings is 1. The monoisotopic (exact) mass is 349 g/mol. The predicted octanol–water partition coefficient (Wildman–Crippen LogP) is 1.42. The number of hydrogen-bond acceptors (Lipinski definition) is 4. The summed E-state index contributed by atoms with van der Waals surface area (Å²) in [5, 5.41) is 2.47. The molecular weight excluding hydrogens is 330 g/mol. The van der Waals surface area contributed by atoms with Crippen LogP contribution in [-0.4, -0.2) is 37.1 Å². The molecule has 2 saturated carbocycles. The molecule has 2 N–H and O–H groups in total. The number of anilines is 1. The van der Waals surface area contributed by atoms with Crippen molar-refractivity contribution in [1.82, 2.24) is 10.2 Å². The third-order valence-corrected chi connectivity index (χ3v) is 6.74. The molecule has 3 fully saturated rings. The van der Waals surface area contributed by atoms with Crippen LogP contribution in [0.3, 0.4) is 0 Å².